The van der Waals surface area contributed by atoms with E-state index in [2.05, 4.69) is 28.9 Å². The molecule has 0 aliphatic rings. The Morgan fingerprint density at radius 1 is 1.15 bits per heavy atom. The predicted molar refractivity (Wildman–Crippen MR) is 88.7 cm³/mol. The topological polar surface area (TPSA) is 9.23 Å². The molecule has 0 radical (unpaired) electrons. The summed E-state index contributed by atoms with van der Waals surface area (Å²) in [5.74, 6) is 0.814. The van der Waals surface area contributed by atoms with Crippen molar-refractivity contribution in [3.63, 3.8) is 0 Å². The molecular formula is C17H16BrClO. The first-order valence-electron chi connectivity index (χ1n) is 6.53. The van der Waals surface area contributed by atoms with Gasteiger partial charge >= 0.3 is 0 Å². The summed E-state index contributed by atoms with van der Waals surface area (Å²) < 4.78 is 6.91. The van der Waals surface area contributed by atoms with Crippen molar-refractivity contribution in [3.8, 4) is 0 Å². The number of hydrogen-bond acceptors (Lipinski definition) is 1. The van der Waals surface area contributed by atoms with Gasteiger partial charge in [-0.05, 0) is 46.1 Å². The number of halogens is 2. The zero-order valence-electron chi connectivity index (χ0n) is 11.3. The number of hydrogen-bond donors (Lipinski definition) is 0. The van der Waals surface area contributed by atoms with Gasteiger partial charge in [-0.15, -0.1) is 0 Å². The normalized spacial score (nSPS) is 11.4. The first kappa shape index (κ1) is 15.1. The van der Waals surface area contributed by atoms with E-state index in [4.69, 9.17) is 16.3 Å². The van der Waals surface area contributed by atoms with E-state index < -0.39 is 0 Å². The van der Waals surface area contributed by atoms with Crippen LogP contribution in [0.1, 0.15) is 24.5 Å². The van der Waals surface area contributed by atoms with E-state index in [0.717, 1.165) is 27.8 Å². The quantitative estimate of drug-likeness (QED) is 0.594. The number of rotatable bonds is 5. The largest absolute Gasteiger partial charge is 0.489 e. The van der Waals surface area contributed by atoms with Crippen LogP contribution in [-0.2, 0) is 11.3 Å². The van der Waals surface area contributed by atoms with E-state index in [1.165, 1.54) is 0 Å². The third-order valence-electron chi connectivity index (χ3n) is 2.84. The van der Waals surface area contributed by atoms with Crippen LogP contribution in [0.4, 0.5) is 0 Å². The summed E-state index contributed by atoms with van der Waals surface area (Å²) in [7, 11) is 0. The molecule has 0 N–H and O–H groups in total. The molecule has 3 heteroatoms. The molecule has 2 aromatic rings. The molecule has 0 amide bonds. The van der Waals surface area contributed by atoms with Gasteiger partial charge in [0.05, 0.1) is 5.02 Å². The van der Waals surface area contributed by atoms with E-state index in [1.54, 1.807) is 0 Å². The lowest BCUT2D eigenvalue weighted by molar-refractivity contribution is 0.263. The van der Waals surface area contributed by atoms with Gasteiger partial charge in [0, 0.05) is 10.0 Å². The molecule has 0 saturated heterocycles. The summed E-state index contributed by atoms with van der Waals surface area (Å²) in [4.78, 5) is 0. The fourth-order valence-corrected chi connectivity index (χ4v) is 2.83. The van der Waals surface area contributed by atoms with E-state index in [1.807, 2.05) is 48.5 Å². The summed E-state index contributed by atoms with van der Waals surface area (Å²) >= 11 is 9.83. The number of ether oxygens (including phenoxy) is 1. The minimum absolute atomic E-state index is 0.532. The zero-order chi connectivity index (χ0) is 14.4. The lowest BCUT2D eigenvalue weighted by atomic mass is 10.1. The Labute approximate surface area is 133 Å². The van der Waals surface area contributed by atoms with Crippen molar-refractivity contribution in [1.29, 1.82) is 0 Å². The molecule has 2 aromatic carbocycles. The van der Waals surface area contributed by atoms with Gasteiger partial charge < -0.3 is 4.74 Å². The molecule has 104 valence electrons. The minimum atomic E-state index is 0.532. The maximum atomic E-state index is 6.29. The van der Waals surface area contributed by atoms with Crippen LogP contribution in [0.2, 0.25) is 5.02 Å². The van der Waals surface area contributed by atoms with Gasteiger partial charge in [-0.3, -0.25) is 0 Å². The van der Waals surface area contributed by atoms with Crippen molar-refractivity contribution < 1.29 is 4.74 Å². The van der Waals surface area contributed by atoms with E-state index >= 15 is 0 Å². The highest BCUT2D eigenvalue weighted by Gasteiger charge is 2.11. The van der Waals surface area contributed by atoms with Crippen LogP contribution in [0.3, 0.4) is 0 Å². The van der Waals surface area contributed by atoms with Crippen molar-refractivity contribution in [2.24, 2.45) is 0 Å². The van der Waals surface area contributed by atoms with Crippen LogP contribution in [-0.4, -0.2) is 0 Å². The van der Waals surface area contributed by atoms with Crippen molar-refractivity contribution in [3.05, 3.63) is 75.2 Å². The van der Waals surface area contributed by atoms with Crippen LogP contribution in [0.5, 0.6) is 0 Å². The Balaban J connectivity index is 2.22. The Bertz CT molecular complexity index is 573. The summed E-state index contributed by atoms with van der Waals surface area (Å²) in [6.07, 6.45) is 2.94. The van der Waals surface area contributed by atoms with Crippen LogP contribution in [0, 0.1) is 0 Å². The molecule has 0 atom stereocenters. The lowest BCUT2D eigenvalue weighted by Crippen LogP contribution is -1.96. The lowest BCUT2D eigenvalue weighted by Gasteiger charge is -2.14. The molecule has 0 aromatic heterocycles. The third-order valence-corrected chi connectivity index (χ3v) is 3.81. The fraction of sp³-hybridized carbons (Fsp3) is 0.176. The average molecular weight is 352 g/mol. The van der Waals surface area contributed by atoms with E-state index in [-0.39, 0.29) is 0 Å². The zero-order valence-corrected chi connectivity index (χ0v) is 13.6. The fourth-order valence-electron chi connectivity index (χ4n) is 1.89. The van der Waals surface area contributed by atoms with Gasteiger partial charge in [0.2, 0.25) is 0 Å². The summed E-state index contributed by atoms with van der Waals surface area (Å²) in [5.41, 5.74) is 2.05. The minimum Gasteiger partial charge on any atom is -0.489 e. The number of benzene rings is 2. The molecule has 0 saturated carbocycles. The summed E-state index contributed by atoms with van der Waals surface area (Å²) in [5, 5.41) is 0.687. The molecule has 0 heterocycles. The van der Waals surface area contributed by atoms with Crippen LogP contribution >= 0.6 is 27.5 Å². The number of allylic oxidation sites excluding steroid dienone is 1. The first-order valence-corrected chi connectivity index (χ1v) is 7.70. The Morgan fingerprint density at radius 3 is 2.55 bits per heavy atom. The Kier molecular flexibility index (Phi) is 5.69. The maximum Gasteiger partial charge on any atom is 0.125 e. The molecule has 0 aliphatic heterocycles. The van der Waals surface area contributed by atoms with Crippen LogP contribution in [0.15, 0.2) is 59.1 Å². The summed E-state index contributed by atoms with van der Waals surface area (Å²) in [6.45, 7) is 2.61. The predicted octanol–water partition coefficient (Wildman–Crippen LogP) is 6.07. The third kappa shape index (κ3) is 3.87. The van der Waals surface area contributed by atoms with Gasteiger partial charge in [0.25, 0.3) is 0 Å². The van der Waals surface area contributed by atoms with Crippen molar-refractivity contribution in [2.75, 3.05) is 0 Å². The summed E-state index contributed by atoms with van der Waals surface area (Å²) in [6, 6.07) is 15.9. The highest BCUT2D eigenvalue weighted by atomic mass is 79.9. The van der Waals surface area contributed by atoms with Gasteiger partial charge in [-0.25, -0.2) is 0 Å². The van der Waals surface area contributed by atoms with Crippen LogP contribution in [0.25, 0.3) is 5.76 Å². The molecule has 0 bridgehead atoms. The van der Waals surface area contributed by atoms with Crippen LogP contribution < -0.4 is 0 Å². The SMILES string of the molecule is CCC=C(OCc1ccccc1)c1c(Cl)cccc1Br. The van der Waals surface area contributed by atoms with Crippen molar-refractivity contribution >= 4 is 33.3 Å². The Hall–Kier alpha value is -1.25. The molecule has 20 heavy (non-hydrogen) atoms. The first-order chi connectivity index (χ1) is 9.72. The Morgan fingerprint density at radius 2 is 1.90 bits per heavy atom. The van der Waals surface area contributed by atoms with Gasteiger partial charge in [0.15, 0.2) is 0 Å². The van der Waals surface area contributed by atoms with Crippen molar-refractivity contribution in [2.45, 2.75) is 20.0 Å². The smallest absolute Gasteiger partial charge is 0.125 e. The molecule has 0 unspecified atom stereocenters. The van der Waals surface area contributed by atoms with Crippen molar-refractivity contribution in [1.82, 2.24) is 0 Å². The molecule has 0 fully saturated rings. The molecular weight excluding hydrogens is 336 g/mol. The van der Waals surface area contributed by atoms with E-state index in [0.29, 0.717) is 11.6 Å². The highest BCUT2D eigenvalue weighted by molar-refractivity contribution is 9.10. The van der Waals surface area contributed by atoms with Gasteiger partial charge in [0.1, 0.15) is 12.4 Å². The second kappa shape index (κ2) is 7.51. The monoisotopic (exact) mass is 350 g/mol. The second-order valence-electron chi connectivity index (χ2n) is 4.35. The second-order valence-corrected chi connectivity index (χ2v) is 5.61. The average Bonchev–Trinajstić information content (AvgIpc) is 2.45. The molecule has 0 spiro atoms. The molecule has 2 rings (SSSR count). The standard InChI is InChI=1S/C17H16BrClO/c1-2-7-16(17-14(18)10-6-11-15(17)19)20-12-13-8-4-3-5-9-13/h3-11H,2,12H2,1H3. The van der Waals surface area contributed by atoms with Gasteiger partial charge in [-0.1, -0.05) is 54.9 Å². The van der Waals surface area contributed by atoms with Gasteiger partial charge in [-0.2, -0.15) is 0 Å². The maximum absolute atomic E-state index is 6.29. The molecule has 1 nitrogen and oxygen atoms in total. The molecule has 0 aliphatic carbocycles. The highest BCUT2D eigenvalue weighted by Crippen LogP contribution is 2.32. The van der Waals surface area contributed by atoms with E-state index in [9.17, 15) is 0 Å².